The Balaban J connectivity index is 1.94. The van der Waals surface area contributed by atoms with Crippen LogP contribution in [0.4, 0.5) is 0 Å². The third-order valence-electron chi connectivity index (χ3n) is 2.70. The highest BCUT2D eigenvalue weighted by Gasteiger charge is 2.03. The van der Waals surface area contributed by atoms with Gasteiger partial charge in [0, 0.05) is 23.9 Å². The second-order valence-corrected chi connectivity index (χ2v) is 4.43. The fourth-order valence-corrected chi connectivity index (χ4v) is 1.97. The van der Waals surface area contributed by atoms with Gasteiger partial charge in [-0.1, -0.05) is 23.8 Å². The van der Waals surface area contributed by atoms with Crippen LogP contribution in [0.5, 0.6) is 5.75 Å². The third-order valence-corrected chi connectivity index (χ3v) is 2.99. The molecule has 2 nitrogen and oxygen atoms in total. The predicted molar refractivity (Wildman–Crippen MR) is 74.2 cm³/mol. The molecule has 0 aliphatic rings. The lowest BCUT2D eigenvalue weighted by Crippen LogP contribution is -2.04. The van der Waals surface area contributed by atoms with E-state index in [1.54, 1.807) is 6.20 Å². The maximum atomic E-state index is 5.91. The van der Waals surface area contributed by atoms with E-state index in [9.17, 15) is 0 Å². The first-order valence-corrected chi connectivity index (χ1v) is 6.51. The third kappa shape index (κ3) is 3.47. The Morgan fingerprint density at radius 2 is 2.11 bits per heavy atom. The molecule has 0 fully saturated rings. The van der Waals surface area contributed by atoms with Crippen molar-refractivity contribution in [3.63, 3.8) is 0 Å². The molecule has 94 valence electrons. The van der Waals surface area contributed by atoms with Gasteiger partial charge in [0.25, 0.3) is 0 Å². The molecule has 0 atom stereocenters. The van der Waals surface area contributed by atoms with E-state index in [1.807, 2.05) is 37.3 Å². The summed E-state index contributed by atoms with van der Waals surface area (Å²) in [5, 5.41) is 0. The molecule has 0 bridgehead atoms. The monoisotopic (exact) mass is 261 g/mol. The lowest BCUT2D eigenvalue weighted by atomic mass is 10.1. The first kappa shape index (κ1) is 12.9. The predicted octanol–water partition coefficient (Wildman–Crippen LogP) is 3.75. The molecule has 0 unspecified atom stereocenters. The molecule has 18 heavy (non-hydrogen) atoms. The summed E-state index contributed by atoms with van der Waals surface area (Å²) in [6.45, 7) is 2.66. The maximum absolute atomic E-state index is 5.91. The fraction of sp³-hybridized carbons (Fsp3) is 0.267. The maximum Gasteiger partial charge on any atom is 0.123 e. The van der Waals surface area contributed by atoms with Gasteiger partial charge in [-0.15, -0.1) is 11.6 Å². The Labute approximate surface area is 113 Å². The number of hydrogen-bond acceptors (Lipinski definition) is 2. The average molecular weight is 262 g/mol. The second-order valence-electron chi connectivity index (χ2n) is 4.16. The Bertz CT molecular complexity index is 499. The summed E-state index contributed by atoms with van der Waals surface area (Å²) in [5.74, 6) is 1.34. The van der Waals surface area contributed by atoms with E-state index in [0.29, 0.717) is 12.5 Å². The first-order chi connectivity index (χ1) is 8.79. The Kier molecular flexibility index (Phi) is 4.59. The van der Waals surface area contributed by atoms with E-state index in [1.165, 1.54) is 5.56 Å². The Hall–Kier alpha value is -1.54. The Morgan fingerprint density at radius 1 is 1.22 bits per heavy atom. The van der Waals surface area contributed by atoms with Crippen molar-refractivity contribution in [2.75, 3.05) is 6.61 Å². The molecule has 0 saturated heterocycles. The average Bonchev–Trinajstić information content (AvgIpc) is 2.41. The molecular formula is C15H16ClNO. The minimum Gasteiger partial charge on any atom is -0.493 e. The topological polar surface area (TPSA) is 22.1 Å². The molecule has 0 aliphatic heterocycles. The van der Waals surface area contributed by atoms with Crippen molar-refractivity contribution in [1.82, 2.24) is 4.98 Å². The summed E-state index contributed by atoms with van der Waals surface area (Å²) in [6, 6.07) is 12.0. The van der Waals surface area contributed by atoms with Crippen LogP contribution in [0.1, 0.15) is 16.8 Å². The van der Waals surface area contributed by atoms with E-state index in [0.717, 1.165) is 23.4 Å². The van der Waals surface area contributed by atoms with E-state index in [4.69, 9.17) is 16.3 Å². The van der Waals surface area contributed by atoms with Crippen molar-refractivity contribution in [3.05, 3.63) is 59.4 Å². The van der Waals surface area contributed by atoms with E-state index < -0.39 is 0 Å². The van der Waals surface area contributed by atoms with Crippen LogP contribution in [0.2, 0.25) is 0 Å². The molecule has 0 radical (unpaired) electrons. The van der Waals surface area contributed by atoms with Gasteiger partial charge in [0.2, 0.25) is 0 Å². The zero-order valence-electron chi connectivity index (χ0n) is 10.4. The van der Waals surface area contributed by atoms with Crippen LogP contribution < -0.4 is 4.74 Å². The highest BCUT2D eigenvalue weighted by atomic mass is 35.5. The van der Waals surface area contributed by atoms with Crippen LogP contribution >= 0.6 is 11.6 Å². The number of aryl methyl sites for hydroxylation is 1. The summed E-state index contributed by atoms with van der Waals surface area (Å²) in [5.41, 5.74) is 3.28. The zero-order chi connectivity index (χ0) is 12.8. The van der Waals surface area contributed by atoms with Crippen LogP contribution in [0, 0.1) is 6.92 Å². The van der Waals surface area contributed by atoms with Gasteiger partial charge in [-0.25, -0.2) is 0 Å². The van der Waals surface area contributed by atoms with Crippen molar-refractivity contribution in [3.8, 4) is 5.75 Å². The molecule has 0 saturated carbocycles. The highest BCUT2D eigenvalue weighted by molar-refractivity contribution is 6.17. The van der Waals surface area contributed by atoms with Gasteiger partial charge in [0.15, 0.2) is 0 Å². The number of halogens is 1. The SMILES string of the molecule is Cc1ccc(OCCc2ccccn2)c(CCl)c1. The zero-order valence-corrected chi connectivity index (χ0v) is 11.2. The summed E-state index contributed by atoms with van der Waals surface area (Å²) < 4.78 is 5.76. The van der Waals surface area contributed by atoms with Gasteiger partial charge in [-0.2, -0.15) is 0 Å². The second kappa shape index (κ2) is 6.41. The summed E-state index contributed by atoms with van der Waals surface area (Å²) in [4.78, 5) is 4.26. The standard InChI is InChI=1S/C15H16ClNO/c1-12-5-6-15(13(10-12)11-16)18-9-7-14-4-2-3-8-17-14/h2-6,8,10H,7,9,11H2,1H3. The van der Waals surface area contributed by atoms with E-state index in [-0.39, 0.29) is 0 Å². The molecule has 1 aromatic heterocycles. The van der Waals surface area contributed by atoms with E-state index in [2.05, 4.69) is 11.1 Å². The molecule has 0 aliphatic carbocycles. The molecule has 2 rings (SSSR count). The first-order valence-electron chi connectivity index (χ1n) is 5.98. The van der Waals surface area contributed by atoms with Crippen LogP contribution in [-0.4, -0.2) is 11.6 Å². The highest BCUT2D eigenvalue weighted by Crippen LogP contribution is 2.21. The van der Waals surface area contributed by atoms with Gasteiger partial charge < -0.3 is 4.74 Å². The minimum absolute atomic E-state index is 0.473. The molecule has 1 aromatic carbocycles. The lowest BCUT2D eigenvalue weighted by molar-refractivity contribution is 0.318. The van der Waals surface area contributed by atoms with Gasteiger partial charge >= 0.3 is 0 Å². The molecule has 0 spiro atoms. The van der Waals surface area contributed by atoms with Crippen molar-refractivity contribution in [2.24, 2.45) is 0 Å². The number of alkyl halides is 1. The minimum atomic E-state index is 0.473. The largest absolute Gasteiger partial charge is 0.493 e. The number of rotatable bonds is 5. The van der Waals surface area contributed by atoms with Crippen molar-refractivity contribution in [1.29, 1.82) is 0 Å². The molecule has 0 amide bonds. The smallest absolute Gasteiger partial charge is 0.123 e. The normalized spacial score (nSPS) is 10.3. The summed E-state index contributed by atoms with van der Waals surface area (Å²) in [6.07, 6.45) is 2.60. The number of nitrogens with zero attached hydrogens (tertiary/aromatic N) is 1. The van der Waals surface area contributed by atoms with Gasteiger partial charge in [-0.3, -0.25) is 4.98 Å². The molecule has 0 N–H and O–H groups in total. The molecule has 3 heteroatoms. The van der Waals surface area contributed by atoms with Crippen LogP contribution in [0.3, 0.4) is 0 Å². The number of pyridine rings is 1. The number of hydrogen-bond donors (Lipinski definition) is 0. The number of benzene rings is 1. The molecule has 2 aromatic rings. The fourth-order valence-electron chi connectivity index (χ4n) is 1.77. The van der Waals surface area contributed by atoms with Crippen LogP contribution in [0.15, 0.2) is 42.6 Å². The summed E-state index contributed by atoms with van der Waals surface area (Å²) in [7, 11) is 0. The quantitative estimate of drug-likeness (QED) is 0.765. The van der Waals surface area contributed by atoms with Crippen LogP contribution in [0.25, 0.3) is 0 Å². The number of ether oxygens (including phenoxy) is 1. The van der Waals surface area contributed by atoms with Gasteiger partial charge in [0.05, 0.1) is 12.5 Å². The van der Waals surface area contributed by atoms with E-state index >= 15 is 0 Å². The van der Waals surface area contributed by atoms with Gasteiger partial charge in [-0.05, 0) is 25.1 Å². The van der Waals surface area contributed by atoms with Crippen molar-refractivity contribution >= 4 is 11.6 Å². The van der Waals surface area contributed by atoms with Crippen molar-refractivity contribution in [2.45, 2.75) is 19.2 Å². The van der Waals surface area contributed by atoms with Crippen LogP contribution in [-0.2, 0) is 12.3 Å². The lowest BCUT2D eigenvalue weighted by Gasteiger charge is -2.10. The molecule has 1 heterocycles. The van der Waals surface area contributed by atoms with Gasteiger partial charge in [0.1, 0.15) is 5.75 Å². The van der Waals surface area contributed by atoms with Crippen molar-refractivity contribution < 1.29 is 4.74 Å². The molecular weight excluding hydrogens is 246 g/mol. The number of aromatic nitrogens is 1. The Morgan fingerprint density at radius 3 is 2.83 bits per heavy atom. The summed E-state index contributed by atoms with van der Waals surface area (Å²) >= 11 is 5.91.